The molecule has 18 heavy (non-hydrogen) atoms. The predicted molar refractivity (Wildman–Crippen MR) is 64.3 cm³/mol. The fraction of sp³-hybridized carbons (Fsp3) is 0.308. The van der Waals surface area contributed by atoms with Crippen molar-refractivity contribution in [1.82, 2.24) is 0 Å². The number of Topliss-reactive ketones (excluding diaryl/α,β-unsaturated/α-hetero) is 1. The van der Waals surface area contributed by atoms with Crippen LogP contribution in [-0.4, -0.2) is 17.8 Å². The highest BCUT2D eigenvalue weighted by molar-refractivity contribution is 6.03. The Morgan fingerprint density at radius 3 is 2.94 bits per heavy atom. The molecule has 2 unspecified atom stereocenters. The number of carbonyl (C=O) groups is 2. The summed E-state index contributed by atoms with van der Waals surface area (Å²) in [4.78, 5) is 23.3. The number of anilines is 1. The van der Waals surface area contributed by atoms with Gasteiger partial charge in [-0.3, -0.25) is 9.59 Å². The van der Waals surface area contributed by atoms with Crippen molar-refractivity contribution < 1.29 is 14.3 Å². The van der Waals surface area contributed by atoms with Gasteiger partial charge in [-0.2, -0.15) is 5.26 Å². The van der Waals surface area contributed by atoms with Crippen molar-refractivity contribution in [2.45, 2.75) is 20.0 Å². The molecule has 2 rings (SSSR count). The van der Waals surface area contributed by atoms with Gasteiger partial charge >= 0.3 is 0 Å². The Morgan fingerprint density at radius 2 is 2.28 bits per heavy atom. The van der Waals surface area contributed by atoms with Gasteiger partial charge < -0.3 is 10.1 Å². The normalized spacial score (nSPS) is 18.9. The largest absolute Gasteiger partial charge is 0.479 e. The number of carbonyl (C=O) groups excluding carboxylic acids is 2. The van der Waals surface area contributed by atoms with E-state index in [0.29, 0.717) is 17.0 Å². The van der Waals surface area contributed by atoms with Crippen LogP contribution >= 0.6 is 0 Å². The third-order valence-electron chi connectivity index (χ3n) is 2.78. The molecule has 0 saturated heterocycles. The van der Waals surface area contributed by atoms with Gasteiger partial charge in [0.15, 0.2) is 11.9 Å². The van der Waals surface area contributed by atoms with Gasteiger partial charge in [-0.05, 0) is 32.0 Å². The molecule has 92 valence electrons. The van der Waals surface area contributed by atoms with Crippen LogP contribution in [0.2, 0.25) is 0 Å². The molecule has 2 atom stereocenters. The lowest BCUT2D eigenvalue weighted by molar-refractivity contribution is -0.122. The van der Waals surface area contributed by atoms with E-state index in [1.54, 1.807) is 26.0 Å². The minimum atomic E-state index is -0.706. The Kier molecular flexibility index (Phi) is 3.02. The van der Waals surface area contributed by atoms with Gasteiger partial charge in [-0.1, -0.05) is 0 Å². The first-order valence-electron chi connectivity index (χ1n) is 5.58. The second kappa shape index (κ2) is 4.49. The first-order chi connectivity index (χ1) is 8.52. The number of nitriles is 1. The Hall–Kier alpha value is -2.35. The molecule has 1 aromatic carbocycles. The van der Waals surface area contributed by atoms with Crippen molar-refractivity contribution in [3.8, 4) is 11.8 Å². The summed E-state index contributed by atoms with van der Waals surface area (Å²) in [5.74, 6) is -0.695. The van der Waals surface area contributed by atoms with E-state index < -0.39 is 12.0 Å². The van der Waals surface area contributed by atoms with E-state index in [1.807, 2.05) is 6.07 Å². The number of ether oxygens (including phenoxy) is 1. The van der Waals surface area contributed by atoms with E-state index in [2.05, 4.69) is 5.32 Å². The molecule has 0 saturated carbocycles. The van der Waals surface area contributed by atoms with Crippen molar-refractivity contribution in [3.05, 3.63) is 23.8 Å². The molecule has 5 heteroatoms. The number of nitrogens with one attached hydrogen (secondary N) is 1. The molecule has 0 aliphatic carbocycles. The quantitative estimate of drug-likeness (QED) is 0.804. The van der Waals surface area contributed by atoms with Crippen molar-refractivity contribution in [2.24, 2.45) is 5.92 Å². The maximum absolute atomic E-state index is 11.8. The highest BCUT2D eigenvalue weighted by Crippen LogP contribution is 2.31. The molecule has 1 heterocycles. The van der Waals surface area contributed by atoms with E-state index in [9.17, 15) is 9.59 Å². The van der Waals surface area contributed by atoms with Gasteiger partial charge in [-0.25, -0.2) is 0 Å². The summed E-state index contributed by atoms with van der Waals surface area (Å²) >= 11 is 0. The van der Waals surface area contributed by atoms with Crippen LogP contribution in [0.1, 0.15) is 24.2 Å². The van der Waals surface area contributed by atoms with Crippen LogP contribution in [0.25, 0.3) is 0 Å². The van der Waals surface area contributed by atoms with Crippen molar-refractivity contribution in [3.63, 3.8) is 0 Å². The molecule has 1 aromatic rings. The Balaban J connectivity index is 2.34. The topological polar surface area (TPSA) is 79.2 Å². The van der Waals surface area contributed by atoms with E-state index in [-0.39, 0.29) is 11.7 Å². The second-order valence-corrected chi connectivity index (χ2v) is 4.18. The molecule has 5 nitrogen and oxygen atoms in total. The van der Waals surface area contributed by atoms with E-state index in [0.717, 1.165) is 0 Å². The number of ketones is 1. The Bertz CT molecular complexity index is 560. The number of nitrogens with zero attached hydrogens (tertiary/aromatic N) is 1. The first-order valence-corrected chi connectivity index (χ1v) is 5.58. The molecular formula is C13H12N2O3. The third-order valence-corrected chi connectivity index (χ3v) is 2.78. The predicted octanol–water partition coefficient (Wildman–Crippen LogP) is 1.75. The fourth-order valence-corrected chi connectivity index (χ4v) is 1.67. The fourth-order valence-electron chi connectivity index (χ4n) is 1.67. The maximum atomic E-state index is 11.8. The van der Waals surface area contributed by atoms with Crippen LogP contribution in [0.4, 0.5) is 5.69 Å². The number of benzene rings is 1. The zero-order chi connectivity index (χ0) is 13.3. The van der Waals surface area contributed by atoms with E-state index in [4.69, 9.17) is 10.00 Å². The van der Waals surface area contributed by atoms with Gasteiger partial charge in [0.25, 0.3) is 5.91 Å². The van der Waals surface area contributed by atoms with E-state index in [1.165, 1.54) is 6.07 Å². The number of hydrogen-bond acceptors (Lipinski definition) is 4. The minimum Gasteiger partial charge on any atom is -0.479 e. The third kappa shape index (κ3) is 2.05. The molecule has 1 N–H and O–H groups in total. The molecule has 1 aliphatic rings. The highest BCUT2D eigenvalue weighted by atomic mass is 16.5. The molecule has 0 aromatic heterocycles. The molecule has 0 spiro atoms. The van der Waals surface area contributed by atoms with Gasteiger partial charge in [0.1, 0.15) is 11.7 Å². The monoisotopic (exact) mass is 244 g/mol. The summed E-state index contributed by atoms with van der Waals surface area (Å²) in [6.45, 7) is 3.19. The number of rotatable bonds is 2. The van der Waals surface area contributed by atoms with Gasteiger partial charge in [0, 0.05) is 5.56 Å². The number of fused-ring (bicyclic) bond motifs is 1. The molecule has 0 radical (unpaired) electrons. The zero-order valence-corrected chi connectivity index (χ0v) is 10.1. The second-order valence-electron chi connectivity index (χ2n) is 4.18. The summed E-state index contributed by atoms with van der Waals surface area (Å²) in [5.41, 5.74) is 0.857. The molecular weight excluding hydrogens is 232 g/mol. The van der Waals surface area contributed by atoms with Gasteiger partial charge in [-0.15, -0.1) is 0 Å². The summed E-state index contributed by atoms with van der Waals surface area (Å²) in [5, 5.41) is 11.4. The Morgan fingerprint density at radius 1 is 1.56 bits per heavy atom. The summed E-state index contributed by atoms with van der Waals surface area (Å²) in [7, 11) is 0. The lowest BCUT2D eigenvalue weighted by Crippen LogP contribution is -2.34. The van der Waals surface area contributed by atoms with E-state index >= 15 is 0 Å². The smallest absolute Gasteiger partial charge is 0.265 e. The van der Waals surface area contributed by atoms with Crippen LogP contribution in [-0.2, 0) is 4.79 Å². The average molecular weight is 244 g/mol. The van der Waals surface area contributed by atoms with Gasteiger partial charge in [0.2, 0.25) is 0 Å². The van der Waals surface area contributed by atoms with Crippen molar-refractivity contribution in [2.75, 3.05) is 5.32 Å². The first kappa shape index (κ1) is 12.1. The molecule has 1 amide bonds. The Labute approximate surface area is 104 Å². The maximum Gasteiger partial charge on any atom is 0.265 e. The molecule has 0 bridgehead atoms. The standard InChI is InChI=1S/C13H12N2O3/c1-7(6-14)12(16)9-3-4-11-10(5-9)15-13(17)8(2)18-11/h3-5,7-8H,1-2H3,(H,15,17). The lowest BCUT2D eigenvalue weighted by Gasteiger charge is -2.23. The summed E-state index contributed by atoms with van der Waals surface area (Å²) in [6, 6.07) is 6.65. The highest BCUT2D eigenvalue weighted by Gasteiger charge is 2.25. The van der Waals surface area contributed by atoms with Crippen molar-refractivity contribution >= 4 is 17.4 Å². The van der Waals surface area contributed by atoms with Crippen LogP contribution in [0, 0.1) is 17.2 Å². The lowest BCUT2D eigenvalue weighted by atomic mass is 9.99. The zero-order valence-electron chi connectivity index (χ0n) is 10.1. The minimum absolute atomic E-state index is 0.250. The van der Waals surface area contributed by atoms with Gasteiger partial charge in [0.05, 0.1) is 11.8 Å². The van der Waals surface area contributed by atoms with Crippen LogP contribution in [0.5, 0.6) is 5.75 Å². The van der Waals surface area contributed by atoms with Crippen LogP contribution in [0.3, 0.4) is 0 Å². The number of amides is 1. The van der Waals surface area contributed by atoms with Crippen molar-refractivity contribution in [1.29, 1.82) is 5.26 Å². The molecule has 0 fully saturated rings. The van der Waals surface area contributed by atoms with Crippen LogP contribution < -0.4 is 10.1 Å². The SMILES string of the molecule is CC(C#N)C(=O)c1ccc2c(c1)NC(=O)C(C)O2. The molecule has 1 aliphatic heterocycles. The van der Waals surface area contributed by atoms with Crippen LogP contribution in [0.15, 0.2) is 18.2 Å². The summed E-state index contributed by atoms with van der Waals surface area (Å²) in [6.07, 6.45) is -0.544. The summed E-state index contributed by atoms with van der Waals surface area (Å²) < 4.78 is 5.38. The number of hydrogen-bond donors (Lipinski definition) is 1. The average Bonchev–Trinajstić information content (AvgIpc) is 2.37.